The number of halogens is 4. The van der Waals surface area contributed by atoms with Crippen LogP contribution >= 0.6 is 15.9 Å². The van der Waals surface area contributed by atoms with Gasteiger partial charge in [-0.15, -0.1) is 0 Å². The first-order valence-corrected chi connectivity index (χ1v) is 7.30. The fraction of sp³-hybridized carbons (Fsp3) is 0.500. The van der Waals surface area contributed by atoms with Gasteiger partial charge >= 0.3 is 6.18 Å². The highest BCUT2D eigenvalue weighted by Gasteiger charge is 2.31. The standard InChI is InChI=1S/C14H15BrF3NO/c15-12-6-5-11(14(16,17)18)8-10(12)2-1-7-19-13(20)9-3-4-9/h5-6,8-9H,1-4,7H2,(H,19,20). The molecule has 1 aliphatic rings. The minimum Gasteiger partial charge on any atom is -0.356 e. The Balaban J connectivity index is 1.86. The van der Waals surface area contributed by atoms with E-state index in [0.29, 0.717) is 29.4 Å². The molecule has 2 rings (SSSR count). The molecule has 0 aliphatic heterocycles. The molecule has 1 aromatic rings. The quantitative estimate of drug-likeness (QED) is 0.802. The van der Waals surface area contributed by atoms with Gasteiger partial charge in [-0.3, -0.25) is 4.79 Å². The summed E-state index contributed by atoms with van der Waals surface area (Å²) < 4.78 is 38.5. The topological polar surface area (TPSA) is 29.1 Å². The lowest BCUT2D eigenvalue weighted by Gasteiger charge is -2.11. The van der Waals surface area contributed by atoms with Crippen LogP contribution in [0.3, 0.4) is 0 Å². The zero-order valence-corrected chi connectivity index (χ0v) is 12.4. The second kappa shape index (κ2) is 6.16. The molecular formula is C14H15BrF3NO. The molecule has 0 heterocycles. The molecule has 1 saturated carbocycles. The zero-order valence-electron chi connectivity index (χ0n) is 10.8. The van der Waals surface area contributed by atoms with E-state index in [1.54, 1.807) is 0 Å². The molecule has 0 aromatic heterocycles. The van der Waals surface area contributed by atoms with Gasteiger partial charge < -0.3 is 5.32 Å². The lowest BCUT2D eigenvalue weighted by Crippen LogP contribution is -2.26. The van der Waals surface area contributed by atoms with Gasteiger partial charge in [0, 0.05) is 16.9 Å². The third-order valence-corrected chi connectivity index (χ3v) is 4.02. The highest BCUT2D eigenvalue weighted by atomic mass is 79.9. The Bertz CT molecular complexity index is 498. The normalized spacial score (nSPS) is 15.2. The Morgan fingerprint density at radius 1 is 1.35 bits per heavy atom. The highest BCUT2D eigenvalue weighted by Crippen LogP contribution is 2.32. The summed E-state index contributed by atoms with van der Waals surface area (Å²) in [6.45, 7) is 0.498. The number of hydrogen-bond acceptors (Lipinski definition) is 1. The smallest absolute Gasteiger partial charge is 0.356 e. The van der Waals surface area contributed by atoms with Crippen LogP contribution in [0.5, 0.6) is 0 Å². The predicted molar refractivity (Wildman–Crippen MR) is 73.2 cm³/mol. The van der Waals surface area contributed by atoms with Gasteiger partial charge in [0.15, 0.2) is 0 Å². The van der Waals surface area contributed by atoms with Gasteiger partial charge in [0.05, 0.1) is 5.56 Å². The molecule has 2 nitrogen and oxygen atoms in total. The van der Waals surface area contributed by atoms with Crippen LogP contribution in [0.2, 0.25) is 0 Å². The largest absolute Gasteiger partial charge is 0.416 e. The fourth-order valence-electron chi connectivity index (χ4n) is 1.92. The third-order valence-electron chi connectivity index (χ3n) is 3.24. The van der Waals surface area contributed by atoms with Crippen molar-refractivity contribution in [1.82, 2.24) is 5.32 Å². The molecule has 0 bridgehead atoms. The summed E-state index contributed by atoms with van der Waals surface area (Å²) in [4.78, 5) is 11.4. The zero-order chi connectivity index (χ0) is 14.8. The van der Waals surface area contributed by atoms with E-state index < -0.39 is 11.7 Å². The van der Waals surface area contributed by atoms with Crippen molar-refractivity contribution in [1.29, 1.82) is 0 Å². The molecule has 0 unspecified atom stereocenters. The molecule has 0 spiro atoms. The van der Waals surface area contributed by atoms with Crippen molar-refractivity contribution in [2.75, 3.05) is 6.54 Å². The minimum absolute atomic E-state index is 0.0631. The first kappa shape index (κ1) is 15.4. The average Bonchev–Trinajstić information content (AvgIpc) is 3.19. The molecule has 1 aliphatic carbocycles. The predicted octanol–water partition coefficient (Wildman–Crippen LogP) is 3.93. The first-order chi connectivity index (χ1) is 9.38. The molecule has 1 aromatic carbocycles. The van der Waals surface area contributed by atoms with Gasteiger partial charge in [0.25, 0.3) is 0 Å². The van der Waals surface area contributed by atoms with Crippen molar-refractivity contribution in [3.8, 4) is 0 Å². The van der Waals surface area contributed by atoms with E-state index in [4.69, 9.17) is 0 Å². The number of rotatable bonds is 5. The Morgan fingerprint density at radius 3 is 2.65 bits per heavy atom. The summed E-state index contributed by atoms with van der Waals surface area (Å²) in [7, 11) is 0. The molecule has 1 fully saturated rings. The molecule has 0 radical (unpaired) electrons. The number of amides is 1. The van der Waals surface area contributed by atoms with Gasteiger partial charge in [-0.2, -0.15) is 13.2 Å². The SMILES string of the molecule is O=C(NCCCc1cc(C(F)(F)F)ccc1Br)C1CC1. The summed E-state index contributed by atoms with van der Waals surface area (Å²) in [5.41, 5.74) is -0.0294. The molecular weight excluding hydrogens is 335 g/mol. The van der Waals surface area contributed by atoms with Crippen LogP contribution < -0.4 is 5.32 Å². The maximum absolute atomic E-state index is 12.6. The maximum atomic E-state index is 12.6. The van der Waals surface area contributed by atoms with Gasteiger partial charge in [-0.25, -0.2) is 0 Å². The monoisotopic (exact) mass is 349 g/mol. The number of carbonyl (C=O) groups excluding carboxylic acids is 1. The third kappa shape index (κ3) is 4.23. The van der Waals surface area contributed by atoms with Crippen molar-refractivity contribution >= 4 is 21.8 Å². The maximum Gasteiger partial charge on any atom is 0.416 e. The van der Waals surface area contributed by atoms with Crippen LogP contribution in [-0.4, -0.2) is 12.5 Å². The second-order valence-corrected chi connectivity index (χ2v) is 5.83. The summed E-state index contributed by atoms with van der Waals surface area (Å²) in [6, 6.07) is 3.64. The van der Waals surface area contributed by atoms with E-state index in [9.17, 15) is 18.0 Å². The van der Waals surface area contributed by atoms with Crippen LogP contribution in [0.4, 0.5) is 13.2 Å². The Hall–Kier alpha value is -1.04. The average molecular weight is 350 g/mol. The van der Waals surface area contributed by atoms with Gasteiger partial charge in [-0.05, 0) is 49.4 Å². The Kier molecular flexibility index (Phi) is 4.73. The molecule has 1 N–H and O–H groups in total. The Morgan fingerprint density at radius 2 is 2.05 bits per heavy atom. The molecule has 0 saturated heterocycles. The van der Waals surface area contributed by atoms with Crippen molar-refractivity contribution in [2.24, 2.45) is 5.92 Å². The van der Waals surface area contributed by atoms with Gasteiger partial charge in [0.1, 0.15) is 0 Å². The Labute approximate surface area is 123 Å². The molecule has 0 atom stereocenters. The highest BCUT2D eigenvalue weighted by molar-refractivity contribution is 9.10. The first-order valence-electron chi connectivity index (χ1n) is 6.51. The van der Waals surface area contributed by atoms with Crippen LogP contribution in [0, 0.1) is 5.92 Å². The summed E-state index contributed by atoms with van der Waals surface area (Å²) in [5.74, 6) is 0.225. The summed E-state index contributed by atoms with van der Waals surface area (Å²) in [5, 5.41) is 2.80. The number of hydrogen-bond donors (Lipinski definition) is 1. The van der Waals surface area contributed by atoms with Gasteiger partial charge in [0.2, 0.25) is 5.91 Å². The summed E-state index contributed by atoms with van der Waals surface area (Å²) in [6.07, 6.45) is -1.31. The molecule has 6 heteroatoms. The van der Waals surface area contributed by atoms with Gasteiger partial charge in [-0.1, -0.05) is 15.9 Å². The number of nitrogens with one attached hydrogen (secondary N) is 1. The lowest BCUT2D eigenvalue weighted by molar-refractivity contribution is -0.137. The number of alkyl halides is 3. The number of aryl methyl sites for hydroxylation is 1. The van der Waals surface area contributed by atoms with Crippen molar-refractivity contribution in [3.05, 3.63) is 33.8 Å². The van der Waals surface area contributed by atoms with E-state index in [0.717, 1.165) is 25.0 Å². The van der Waals surface area contributed by atoms with Crippen LogP contribution in [0.1, 0.15) is 30.4 Å². The second-order valence-electron chi connectivity index (χ2n) is 4.97. The lowest BCUT2D eigenvalue weighted by atomic mass is 10.1. The number of carbonyl (C=O) groups is 1. The molecule has 110 valence electrons. The molecule has 1 amide bonds. The van der Waals surface area contributed by atoms with Crippen molar-refractivity contribution < 1.29 is 18.0 Å². The van der Waals surface area contributed by atoms with Crippen LogP contribution in [0.25, 0.3) is 0 Å². The van der Waals surface area contributed by atoms with E-state index in [1.165, 1.54) is 6.07 Å². The minimum atomic E-state index is -4.32. The number of benzene rings is 1. The van der Waals surface area contributed by atoms with Crippen LogP contribution in [0.15, 0.2) is 22.7 Å². The van der Waals surface area contributed by atoms with E-state index in [-0.39, 0.29) is 11.8 Å². The van der Waals surface area contributed by atoms with E-state index in [2.05, 4.69) is 21.2 Å². The summed E-state index contributed by atoms with van der Waals surface area (Å²) >= 11 is 3.26. The molecule has 20 heavy (non-hydrogen) atoms. The van der Waals surface area contributed by atoms with E-state index >= 15 is 0 Å². The van der Waals surface area contributed by atoms with Crippen molar-refractivity contribution in [2.45, 2.75) is 31.9 Å². The fourth-order valence-corrected chi connectivity index (χ4v) is 2.37. The van der Waals surface area contributed by atoms with Crippen LogP contribution in [-0.2, 0) is 17.4 Å². The van der Waals surface area contributed by atoms with E-state index in [1.807, 2.05) is 0 Å². The van der Waals surface area contributed by atoms with Crippen molar-refractivity contribution in [3.63, 3.8) is 0 Å².